The van der Waals surface area contributed by atoms with Crippen molar-refractivity contribution in [2.45, 2.75) is 65.5 Å². The van der Waals surface area contributed by atoms with Crippen LogP contribution in [-0.4, -0.2) is 15.3 Å². The van der Waals surface area contributed by atoms with Gasteiger partial charge < -0.3 is 5.32 Å². The Bertz CT molecular complexity index is 348. The van der Waals surface area contributed by atoms with Crippen LogP contribution in [0.25, 0.3) is 0 Å². The molecule has 1 N–H and O–H groups in total. The van der Waals surface area contributed by atoms with E-state index in [4.69, 9.17) is 0 Å². The molecule has 0 bridgehead atoms. The molecule has 17 heavy (non-hydrogen) atoms. The molecule has 0 radical (unpaired) electrons. The maximum Gasteiger partial charge on any atom is 0.0694 e. The van der Waals surface area contributed by atoms with Crippen LogP contribution < -0.4 is 5.32 Å². The highest BCUT2D eigenvalue weighted by atomic mass is 15.3. The lowest BCUT2D eigenvalue weighted by atomic mass is 9.95. The Balaban J connectivity index is 2.75. The van der Waals surface area contributed by atoms with Crippen LogP contribution in [0.15, 0.2) is 6.20 Å². The van der Waals surface area contributed by atoms with Gasteiger partial charge in [-0.1, -0.05) is 27.7 Å². The highest BCUT2D eigenvalue weighted by Gasteiger charge is 2.20. The standard InChI is InChI=1S/C14H27N3/c1-7-14(5,8-2)15-9-12-10-17(6)16-13(12)11(3)4/h10-11,15H,7-9H2,1-6H3. The number of nitrogens with one attached hydrogen (secondary N) is 1. The number of hydrogen-bond acceptors (Lipinski definition) is 2. The summed E-state index contributed by atoms with van der Waals surface area (Å²) in [6, 6.07) is 0. The molecule has 0 aliphatic carbocycles. The molecule has 0 aromatic carbocycles. The quantitative estimate of drug-likeness (QED) is 0.823. The fourth-order valence-electron chi connectivity index (χ4n) is 1.99. The smallest absolute Gasteiger partial charge is 0.0694 e. The molecule has 0 saturated carbocycles. The van der Waals surface area contributed by atoms with Crippen LogP contribution in [-0.2, 0) is 13.6 Å². The lowest BCUT2D eigenvalue weighted by Crippen LogP contribution is -2.40. The summed E-state index contributed by atoms with van der Waals surface area (Å²) in [5.41, 5.74) is 2.79. The van der Waals surface area contributed by atoms with E-state index in [1.54, 1.807) is 0 Å². The van der Waals surface area contributed by atoms with Crippen molar-refractivity contribution in [2.24, 2.45) is 7.05 Å². The average Bonchev–Trinajstić information content (AvgIpc) is 2.68. The highest BCUT2D eigenvalue weighted by Crippen LogP contribution is 2.19. The summed E-state index contributed by atoms with van der Waals surface area (Å²) in [7, 11) is 1.99. The van der Waals surface area contributed by atoms with Crippen LogP contribution in [0.1, 0.15) is 64.6 Å². The summed E-state index contributed by atoms with van der Waals surface area (Å²) in [6.07, 6.45) is 4.44. The maximum absolute atomic E-state index is 4.54. The van der Waals surface area contributed by atoms with Gasteiger partial charge in [-0.3, -0.25) is 4.68 Å². The molecule has 1 heterocycles. The topological polar surface area (TPSA) is 29.9 Å². The molecule has 98 valence electrons. The van der Waals surface area contributed by atoms with Crippen LogP contribution in [0.3, 0.4) is 0 Å². The van der Waals surface area contributed by atoms with E-state index >= 15 is 0 Å². The van der Waals surface area contributed by atoms with Gasteiger partial charge in [0.05, 0.1) is 5.69 Å². The van der Waals surface area contributed by atoms with Gasteiger partial charge in [0.15, 0.2) is 0 Å². The Morgan fingerprint density at radius 2 is 1.94 bits per heavy atom. The molecular weight excluding hydrogens is 210 g/mol. The predicted octanol–water partition coefficient (Wildman–Crippen LogP) is 3.21. The van der Waals surface area contributed by atoms with E-state index in [1.807, 2.05) is 11.7 Å². The second kappa shape index (κ2) is 5.67. The van der Waals surface area contributed by atoms with E-state index in [-0.39, 0.29) is 5.54 Å². The van der Waals surface area contributed by atoms with Gasteiger partial charge in [0, 0.05) is 30.9 Å². The lowest BCUT2D eigenvalue weighted by Gasteiger charge is -2.28. The molecule has 0 spiro atoms. The summed E-state index contributed by atoms with van der Waals surface area (Å²) < 4.78 is 1.92. The minimum absolute atomic E-state index is 0.240. The van der Waals surface area contributed by atoms with E-state index < -0.39 is 0 Å². The predicted molar refractivity (Wildman–Crippen MR) is 73.1 cm³/mol. The Morgan fingerprint density at radius 3 is 2.41 bits per heavy atom. The van der Waals surface area contributed by atoms with Gasteiger partial charge in [-0.15, -0.1) is 0 Å². The Hall–Kier alpha value is -0.830. The molecular formula is C14H27N3. The van der Waals surface area contributed by atoms with Crippen molar-refractivity contribution in [1.29, 1.82) is 0 Å². The average molecular weight is 237 g/mol. The van der Waals surface area contributed by atoms with Gasteiger partial charge in [0.25, 0.3) is 0 Å². The summed E-state index contributed by atoms with van der Waals surface area (Å²) in [5.74, 6) is 0.488. The Morgan fingerprint density at radius 1 is 1.35 bits per heavy atom. The van der Waals surface area contributed by atoms with E-state index in [2.05, 4.69) is 51.2 Å². The van der Waals surface area contributed by atoms with Gasteiger partial charge in [-0.2, -0.15) is 5.10 Å². The summed E-state index contributed by atoms with van der Waals surface area (Å²) in [6.45, 7) is 12.1. The second-order valence-corrected chi connectivity index (χ2v) is 5.49. The highest BCUT2D eigenvalue weighted by molar-refractivity contribution is 5.20. The second-order valence-electron chi connectivity index (χ2n) is 5.49. The largest absolute Gasteiger partial charge is 0.307 e. The van der Waals surface area contributed by atoms with Crippen LogP contribution in [0.5, 0.6) is 0 Å². The van der Waals surface area contributed by atoms with Crippen molar-refractivity contribution >= 4 is 0 Å². The minimum Gasteiger partial charge on any atom is -0.307 e. The molecule has 0 saturated heterocycles. The third kappa shape index (κ3) is 3.56. The van der Waals surface area contributed by atoms with E-state index in [0.717, 1.165) is 19.4 Å². The number of hydrogen-bond donors (Lipinski definition) is 1. The molecule has 0 atom stereocenters. The van der Waals surface area contributed by atoms with E-state index in [0.29, 0.717) is 5.92 Å². The van der Waals surface area contributed by atoms with Crippen molar-refractivity contribution in [2.75, 3.05) is 0 Å². The zero-order chi connectivity index (χ0) is 13.1. The zero-order valence-corrected chi connectivity index (χ0v) is 12.2. The Kier molecular flexibility index (Phi) is 4.75. The number of nitrogens with zero attached hydrogens (tertiary/aromatic N) is 2. The summed E-state index contributed by atoms with van der Waals surface area (Å²) in [5, 5.41) is 8.21. The van der Waals surface area contributed by atoms with Crippen molar-refractivity contribution in [1.82, 2.24) is 15.1 Å². The molecule has 0 unspecified atom stereocenters. The first-order chi connectivity index (χ1) is 7.91. The van der Waals surface area contributed by atoms with Gasteiger partial charge in [-0.25, -0.2) is 0 Å². The molecule has 1 rings (SSSR count). The fourth-order valence-corrected chi connectivity index (χ4v) is 1.99. The molecule has 3 heteroatoms. The van der Waals surface area contributed by atoms with Crippen LogP contribution in [0, 0.1) is 0 Å². The van der Waals surface area contributed by atoms with Crippen LogP contribution >= 0.6 is 0 Å². The number of aromatic nitrogens is 2. The first-order valence-corrected chi connectivity index (χ1v) is 6.69. The van der Waals surface area contributed by atoms with Crippen molar-refractivity contribution < 1.29 is 0 Å². The Labute approximate surface area is 106 Å². The van der Waals surface area contributed by atoms with Gasteiger partial charge >= 0.3 is 0 Å². The third-order valence-electron chi connectivity index (χ3n) is 3.75. The normalized spacial score (nSPS) is 12.4. The molecule has 3 nitrogen and oxygen atoms in total. The third-order valence-corrected chi connectivity index (χ3v) is 3.75. The maximum atomic E-state index is 4.54. The first kappa shape index (κ1) is 14.2. The molecule has 0 fully saturated rings. The fraction of sp³-hybridized carbons (Fsp3) is 0.786. The number of aryl methyl sites for hydroxylation is 1. The van der Waals surface area contributed by atoms with Crippen LogP contribution in [0.2, 0.25) is 0 Å². The van der Waals surface area contributed by atoms with Crippen LogP contribution in [0.4, 0.5) is 0 Å². The summed E-state index contributed by atoms with van der Waals surface area (Å²) >= 11 is 0. The summed E-state index contributed by atoms with van der Waals surface area (Å²) in [4.78, 5) is 0. The van der Waals surface area contributed by atoms with Crippen molar-refractivity contribution in [3.8, 4) is 0 Å². The number of rotatable bonds is 6. The molecule has 1 aromatic heterocycles. The van der Waals surface area contributed by atoms with E-state index in [1.165, 1.54) is 11.3 Å². The molecule has 0 aliphatic rings. The van der Waals surface area contributed by atoms with Gasteiger partial charge in [0.2, 0.25) is 0 Å². The van der Waals surface area contributed by atoms with E-state index in [9.17, 15) is 0 Å². The molecule has 0 aliphatic heterocycles. The minimum atomic E-state index is 0.240. The molecule has 0 amide bonds. The van der Waals surface area contributed by atoms with Crippen molar-refractivity contribution in [3.05, 3.63) is 17.5 Å². The molecule has 1 aromatic rings. The van der Waals surface area contributed by atoms with Gasteiger partial charge in [0.1, 0.15) is 0 Å². The zero-order valence-electron chi connectivity index (χ0n) is 12.2. The monoisotopic (exact) mass is 237 g/mol. The van der Waals surface area contributed by atoms with Crippen molar-refractivity contribution in [3.63, 3.8) is 0 Å². The first-order valence-electron chi connectivity index (χ1n) is 6.69. The lowest BCUT2D eigenvalue weighted by molar-refractivity contribution is 0.329. The SMILES string of the molecule is CCC(C)(CC)NCc1cn(C)nc1C(C)C. The van der Waals surface area contributed by atoms with Gasteiger partial charge in [-0.05, 0) is 25.7 Å².